The van der Waals surface area contributed by atoms with Gasteiger partial charge < -0.3 is 9.67 Å². The molecule has 1 aromatic heterocycles. The van der Waals surface area contributed by atoms with Crippen molar-refractivity contribution in [2.45, 2.75) is 65.1 Å². The topological polar surface area (TPSA) is 38.0 Å². The Hall–Kier alpha value is -0.390. The summed E-state index contributed by atoms with van der Waals surface area (Å²) in [4.78, 5) is 4.15. The summed E-state index contributed by atoms with van der Waals surface area (Å²) in [7, 11) is 0. The molecule has 3 nitrogen and oxygen atoms in total. The van der Waals surface area contributed by atoms with Crippen LogP contribution in [-0.2, 0) is 0 Å². The highest BCUT2D eigenvalue weighted by Crippen LogP contribution is 2.42. The quantitative estimate of drug-likeness (QED) is 0.821. The van der Waals surface area contributed by atoms with E-state index in [1.807, 2.05) is 34.3 Å². The van der Waals surface area contributed by atoms with E-state index in [0.29, 0.717) is 10.5 Å². The van der Waals surface area contributed by atoms with Crippen LogP contribution in [0, 0.1) is 5.41 Å². The number of aliphatic hydroxyl groups excluding tert-OH is 1. The normalized spacial score (nSPS) is 13.8. The minimum Gasteiger partial charge on any atom is -0.386 e. The molecular formula is C16H28N2OS2. The van der Waals surface area contributed by atoms with Crippen molar-refractivity contribution in [1.29, 1.82) is 0 Å². The molecule has 1 unspecified atom stereocenters. The van der Waals surface area contributed by atoms with Crippen molar-refractivity contribution in [3.63, 3.8) is 0 Å². The Kier molecular flexibility index (Phi) is 6.88. The number of rotatable bonds is 6. The Labute approximate surface area is 137 Å². The number of aliphatic hydroxyl groups is 1. The monoisotopic (exact) mass is 328 g/mol. The number of hydrogen-bond donors (Lipinski definition) is 1. The number of thioether (sulfide) groups is 2. The number of hydrogen-bond acceptors (Lipinski definition) is 4. The van der Waals surface area contributed by atoms with E-state index >= 15 is 0 Å². The molecule has 0 spiro atoms. The summed E-state index contributed by atoms with van der Waals surface area (Å²) in [5.41, 5.74) is 0.720. The molecule has 0 fully saturated rings. The predicted molar refractivity (Wildman–Crippen MR) is 96.4 cm³/mol. The minimum atomic E-state index is -0.542. The third-order valence-electron chi connectivity index (χ3n) is 2.76. The van der Waals surface area contributed by atoms with E-state index in [-0.39, 0.29) is 5.41 Å². The Morgan fingerprint density at radius 2 is 1.62 bits per heavy atom. The molecule has 21 heavy (non-hydrogen) atoms. The Morgan fingerprint density at radius 3 is 1.95 bits per heavy atom. The summed E-state index contributed by atoms with van der Waals surface area (Å²) in [5, 5.41) is 11.8. The van der Waals surface area contributed by atoms with Crippen molar-refractivity contribution in [2.75, 3.05) is 0 Å². The van der Waals surface area contributed by atoms with Crippen LogP contribution >= 0.6 is 23.5 Å². The fraction of sp³-hybridized carbons (Fsp3) is 0.688. The molecule has 0 aliphatic rings. The van der Waals surface area contributed by atoms with Gasteiger partial charge in [-0.2, -0.15) is 0 Å². The second-order valence-corrected chi connectivity index (χ2v) is 10.2. The van der Waals surface area contributed by atoms with E-state index in [4.69, 9.17) is 0 Å². The molecule has 120 valence electrons. The molecule has 5 heteroatoms. The van der Waals surface area contributed by atoms with Crippen LogP contribution in [-0.4, -0.2) is 31.3 Å². The van der Waals surface area contributed by atoms with E-state index in [0.717, 1.165) is 5.70 Å². The SMILES string of the molecule is CC(C)SC(SC(C)C)=C(C(O)C(C)(C)C)n1ccnc1. The Bertz CT molecular complexity index is 447. The molecule has 0 aliphatic carbocycles. The van der Waals surface area contributed by atoms with Crippen molar-refractivity contribution in [3.05, 3.63) is 23.0 Å². The number of nitrogens with zero attached hydrogens (tertiary/aromatic N) is 2. The second-order valence-electron chi connectivity index (χ2n) is 6.74. The zero-order valence-electron chi connectivity index (χ0n) is 14.1. The summed E-state index contributed by atoms with van der Waals surface area (Å²) in [6.07, 6.45) is 4.89. The molecule has 0 aromatic carbocycles. The van der Waals surface area contributed by atoms with Gasteiger partial charge in [0.2, 0.25) is 0 Å². The molecule has 0 amide bonds. The first kappa shape index (κ1) is 18.7. The number of imidazole rings is 1. The maximum Gasteiger partial charge on any atom is 0.101 e. The van der Waals surface area contributed by atoms with Gasteiger partial charge in [0.25, 0.3) is 0 Å². The highest BCUT2D eigenvalue weighted by molar-refractivity contribution is 8.23. The lowest BCUT2D eigenvalue weighted by atomic mass is 9.87. The van der Waals surface area contributed by atoms with Gasteiger partial charge in [0.15, 0.2) is 0 Å². The highest BCUT2D eigenvalue weighted by Gasteiger charge is 2.30. The summed E-state index contributed by atoms with van der Waals surface area (Å²) in [6.45, 7) is 14.9. The zero-order valence-corrected chi connectivity index (χ0v) is 15.8. The van der Waals surface area contributed by atoms with Crippen LogP contribution in [0.3, 0.4) is 0 Å². The molecule has 1 heterocycles. The van der Waals surface area contributed by atoms with Gasteiger partial charge in [-0.25, -0.2) is 4.98 Å². The van der Waals surface area contributed by atoms with Crippen LogP contribution in [0.2, 0.25) is 0 Å². The lowest BCUT2D eigenvalue weighted by molar-refractivity contribution is 0.109. The van der Waals surface area contributed by atoms with E-state index in [1.54, 1.807) is 12.5 Å². The van der Waals surface area contributed by atoms with Gasteiger partial charge >= 0.3 is 0 Å². The predicted octanol–water partition coefficient (Wildman–Crippen LogP) is 4.70. The minimum absolute atomic E-state index is 0.222. The van der Waals surface area contributed by atoms with Crippen LogP contribution in [0.1, 0.15) is 48.5 Å². The molecule has 0 bridgehead atoms. The van der Waals surface area contributed by atoms with Gasteiger partial charge in [0, 0.05) is 22.9 Å². The van der Waals surface area contributed by atoms with Crippen LogP contribution in [0.4, 0.5) is 0 Å². The summed E-state index contributed by atoms with van der Waals surface area (Å²) < 4.78 is 3.14. The highest BCUT2D eigenvalue weighted by atomic mass is 32.2. The Balaban J connectivity index is 3.37. The van der Waals surface area contributed by atoms with Crippen LogP contribution in [0.25, 0.3) is 5.70 Å². The molecule has 1 rings (SSSR count). The van der Waals surface area contributed by atoms with Gasteiger partial charge in [0.05, 0.1) is 16.3 Å². The van der Waals surface area contributed by atoms with Crippen molar-refractivity contribution in [3.8, 4) is 0 Å². The molecule has 1 atom stereocenters. The van der Waals surface area contributed by atoms with Crippen molar-refractivity contribution in [1.82, 2.24) is 9.55 Å². The van der Waals surface area contributed by atoms with Crippen molar-refractivity contribution >= 4 is 29.2 Å². The second kappa shape index (κ2) is 7.75. The molecule has 0 saturated heterocycles. The summed E-state index contributed by atoms with van der Waals surface area (Å²) >= 11 is 3.63. The molecular weight excluding hydrogens is 300 g/mol. The van der Waals surface area contributed by atoms with Crippen molar-refractivity contribution < 1.29 is 5.11 Å². The third kappa shape index (κ3) is 5.72. The molecule has 0 radical (unpaired) electrons. The first-order valence-electron chi connectivity index (χ1n) is 7.36. The largest absolute Gasteiger partial charge is 0.386 e. The van der Waals surface area contributed by atoms with Crippen LogP contribution < -0.4 is 0 Å². The average molecular weight is 329 g/mol. The van der Waals surface area contributed by atoms with Crippen LogP contribution in [0.15, 0.2) is 23.0 Å². The van der Waals surface area contributed by atoms with Gasteiger partial charge in [-0.1, -0.05) is 48.5 Å². The van der Waals surface area contributed by atoms with E-state index in [9.17, 15) is 5.11 Å². The fourth-order valence-corrected chi connectivity index (χ4v) is 4.66. The first-order valence-corrected chi connectivity index (χ1v) is 9.12. The molecule has 1 aromatic rings. The molecule has 1 N–H and O–H groups in total. The average Bonchev–Trinajstić information content (AvgIpc) is 2.79. The lowest BCUT2D eigenvalue weighted by Crippen LogP contribution is -2.30. The van der Waals surface area contributed by atoms with E-state index in [2.05, 4.69) is 53.5 Å². The third-order valence-corrected chi connectivity index (χ3v) is 5.12. The fourth-order valence-electron chi connectivity index (χ4n) is 1.75. The van der Waals surface area contributed by atoms with Gasteiger partial charge in [-0.3, -0.25) is 0 Å². The van der Waals surface area contributed by atoms with Gasteiger partial charge in [-0.05, 0) is 5.41 Å². The van der Waals surface area contributed by atoms with Crippen LogP contribution in [0.5, 0.6) is 0 Å². The molecule has 0 saturated carbocycles. The zero-order chi connectivity index (χ0) is 16.2. The number of aromatic nitrogens is 2. The summed E-state index contributed by atoms with van der Waals surface area (Å²) in [6, 6.07) is 0. The van der Waals surface area contributed by atoms with Gasteiger partial charge in [0.1, 0.15) is 6.10 Å². The summed E-state index contributed by atoms with van der Waals surface area (Å²) in [5.74, 6) is 0. The maximum absolute atomic E-state index is 10.9. The smallest absolute Gasteiger partial charge is 0.101 e. The standard InChI is InChI=1S/C16H28N2OS2/c1-11(2)20-15(21-12(3)4)13(14(19)16(5,6)7)18-9-8-17-10-18/h8-12,14,19H,1-7H3. The lowest BCUT2D eigenvalue weighted by Gasteiger charge is -2.31. The maximum atomic E-state index is 10.9. The Morgan fingerprint density at radius 1 is 1.10 bits per heavy atom. The van der Waals surface area contributed by atoms with E-state index in [1.165, 1.54) is 4.24 Å². The first-order chi connectivity index (χ1) is 9.62. The molecule has 0 aliphatic heterocycles. The van der Waals surface area contributed by atoms with E-state index < -0.39 is 6.10 Å². The van der Waals surface area contributed by atoms with Crippen molar-refractivity contribution in [2.24, 2.45) is 5.41 Å². The van der Waals surface area contributed by atoms with Gasteiger partial charge in [-0.15, -0.1) is 23.5 Å².